The molecule has 0 amide bonds. The number of aromatic nitrogens is 1. The molecule has 6 nitrogen and oxygen atoms in total. The Labute approximate surface area is 108 Å². The van der Waals surface area contributed by atoms with Crippen molar-refractivity contribution in [3.05, 3.63) is 6.39 Å². The smallest absolute Gasteiger partial charge is 0.385 e. The third-order valence-corrected chi connectivity index (χ3v) is 4.46. The number of hydrogen-bond donors (Lipinski definition) is 0. The Morgan fingerprint density at radius 1 is 1.22 bits per heavy atom. The van der Waals surface area contributed by atoms with Gasteiger partial charge in [0.05, 0.1) is 13.2 Å². The average molecular weight is 276 g/mol. The van der Waals surface area contributed by atoms with Crippen LogP contribution in [0, 0.1) is 0 Å². The first-order valence-electron chi connectivity index (χ1n) is 6.20. The molecule has 104 valence electrons. The molecule has 1 rings (SSSR count). The highest BCUT2D eigenvalue weighted by Gasteiger charge is 2.35. The minimum atomic E-state index is -3.39. The van der Waals surface area contributed by atoms with E-state index in [1.807, 2.05) is 18.7 Å². The van der Waals surface area contributed by atoms with E-state index in [4.69, 9.17) is 13.5 Å². The highest BCUT2D eigenvalue weighted by atomic mass is 31.2. The Balaban J connectivity index is 3.13. The Morgan fingerprint density at radius 2 is 1.78 bits per heavy atom. The van der Waals surface area contributed by atoms with E-state index in [-0.39, 0.29) is 5.44 Å². The van der Waals surface area contributed by atoms with E-state index in [0.29, 0.717) is 19.1 Å². The largest absolute Gasteiger partial charge is 0.427 e. The number of oxazole rings is 1. The Morgan fingerprint density at radius 3 is 2.22 bits per heavy atom. The van der Waals surface area contributed by atoms with Crippen molar-refractivity contribution >= 4 is 18.9 Å². The molecular weight excluding hydrogens is 255 g/mol. The summed E-state index contributed by atoms with van der Waals surface area (Å²) in [5.41, 5.74) is 0.259. The monoisotopic (exact) mass is 276 g/mol. The summed E-state index contributed by atoms with van der Waals surface area (Å²) in [5, 5.41) is 0. The summed E-state index contributed by atoms with van der Waals surface area (Å²) in [7, 11) is -3.39. The van der Waals surface area contributed by atoms with Crippen molar-refractivity contribution in [2.24, 2.45) is 0 Å². The van der Waals surface area contributed by atoms with Gasteiger partial charge in [0.1, 0.15) is 0 Å². The van der Waals surface area contributed by atoms with Crippen LogP contribution in [0.25, 0.3) is 0 Å². The molecule has 1 aromatic rings. The van der Waals surface area contributed by atoms with Crippen molar-refractivity contribution in [2.75, 3.05) is 31.2 Å². The van der Waals surface area contributed by atoms with E-state index in [2.05, 4.69) is 4.98 Å². The second-order valence-corrected chi connectivity index (χ2v) is 5.42. The third kappa shape index (κ3) is 3.13. The van der Waals surface area contributed by atoms with Crippen LogP contribution in [0.4, 0.5) is 5.88 Å². The minimum absolute atomic E-state index is 0.259. The third-order valence-electron chi connectivity index (χ3n) is 2.44. The van der Waals surface area contributed by atoms with Gasteiger partial charge in [-0.15, -0.1) is 0 Å². The van der Waals surface area contributed by atoms with Crippen LogP contribution in [0.3, 0.4) is 0 Å². The van der Waals surface area contributed by atoms with Crippen molar-refractivity contribution in [1.82, 2.24) is 4.98 Å². The van der Waals surface area contributed by atoms with Gasteiger partial charge in [0, 0.05) is 13.1 Å². The van der Waals surface area contributed by atoms with Crippen LogP contribution in [0.15, 0.2) is 10.8 Å². The summed E-state index contributed by atoms with van der Waals surface area (Å²) in [6.45, 7) is 9.56. The van der Waals surface area contributed by atoms with Gasteiger partial charge in [0.25, 0.3) is 0 Å². The lowest BCUT2D eigenvalue weighted by Gasteiger charge is -2.21. The Hall–Kier alpha value is -0.840. The molecule has 0 aliphatic heterocycles. The predicted molar refractivity (Wildman–Crippen MR) is 70.6 cm³/mol. The van der Waals surface area contributed by atoms with Gasteiger partial charge >= 0.3 is 7.60 Å². The second-order valence-electron chi connectivity index (χ2n) is 3.49. The molecule has 0 radical (unpaired) electrons. The quantitative estimate of drug-likeness (QED) is 0.679. The SMILES string of the molecule is CCOP(=O)(OCC)c1ncoc1N(CC)CC. The zero-order chi connectivity index (χ0) is 13.6. The van der Waals surface area contributed by atoms with Crippen molar-refractivity contribution in [1.29, 1.82) is 0 Å². The van der Waals surface area contributed by atoms with Crippen LogP contribution in [0.2, 0.25) is 0 Å². The molecule has 7 heteroatoms. The van der Waals surface area contributed by atoms with Gasteiger partial charge < -0.3 is 18.4 Å². The summed E-state index contributed by atoms with van der Waals surface area (Å²) in [5.74, 6) is 0.463. The Bertz CT molecular complexity index is 394. The van der Waals surface area contributed by atoms with Gasteiger partial charge in [-0.1, -0.05) is 0 Å². The minimum Gasteiger partial charge on any atom is -0.427 e. The molecule has 0 aliphatic carbocycles. The predicted octanol–water partition coefficient (Wildman–Crippen LogP) is 2.41. The maximum Gasteiger partial charge on any atom is 0.385 e. The lowest BCUT2D eigenvalue weighted by atomic mass is 10.5. The van der Waals surface area contributed by atoms with Crippen LogP contribution in [-0.4, -0.2) is 31.3 Å². The summed E-state index contributed by atoms with van der Waals surface area (Å²) in [6, 6.07) is 0. The van der Waals surface area contributed by atoms with Crippen LogP contribution in [0.5, 0.6) is 0 Å². The molecule has 1 aromatic heterocycles. The first-order chi connectivity index (χ1) is 8.62. The molecular formula is C11H21N2O4P. The lowest BCUT2D eigenvalue weighted by molar-refractivity contribution is 0.229. The van der Waals surface area contributed by atoms with Gasteiger partial charge in [0.2, 0.25) is 11.3 Å². The summed E-state index contributed by atoms with van der Waals surface area (Å²) in [4.78, 5) is 5.94. The molecule has 1 heterocycles. The fourth-order valence-corrected chi connectivity index (χ4v) is 3.26. The zero-order valence-electron chi connectivity index (χ0n) is 11.4. The second kappa shape index (κ2) is 6.92. The number of rotatable bonds is 8. The maximum atomic E-state index is 12.6. The van der Waals surface area contributed by atoms with Crippen molar-refractivity contribution in [3.63, 3.8) is 0 Å². The number of nitrogens with zero attached hydrogens (tertiary/aromatic N) is 2. The topological polar surface area (TPSA) is 64.8 Å². The van der Waals surface area contributed by atoms with Crippen LogP contribution >= 0.6 is 7.60 Å². The van der Waals surface area contributed by atoms with Gasteiger partial charge in [-0.25, -0.2) is 4.98 Å². The molecule has 18 heavy (non-hydrogen) atoms. The maximum absolute atomic E-state index is 12.6. The molecule has 0 spiro atoms. The van der Waals surface area contributed by atoms with E-state index in [9.17, 15) is 4.57 Å². The van der Waals surface area contributed by atoms with Crippen LogP contribution in [-0.2, 0) is 13.6 Å². The van der Waals surface area contributed by atoms with E-state index in [1.54, 1.807) is 13.8 Å². The summed E-state index contributed by atoms with van der Waals surface area (Å²) in [6.07, 6.45) is 1.27. The van der Waals surface area contributed by atoms with Gasteiger partial charge in [-0.2, -0.15) is 0 Å². The molecule has 0 fully saturated rings. The molecule has 0 atom stereocenters. The van der Waals surface area contributed by atoms with Crippen molar-refractivity contribution in [3.8, 4) is 0 Å². The van der Waals surface area contributed by atoms with Crippen molar-refractivity contribution < 1.29 is 18.0 Å². The fraction of sp³-hybridized carbons (Fsp3) is 0.727. The molecule has 0 saturated carbocycles. The standard InChI is InChI=1S/C11H21N2O4P/c1-5-13(6-2)11-10(12-9-15-11)18(14,16-7-3)17-8-4/h9H,5-8H2,1-4H3. The molecule has 0 aliphatic rings. The van der Waals surface area contributed by atoms with E-state index in [0.717, 1.165) is 13.1 Å². The first kappa shape index (κ1) is 15.2. The van der Waals surface area contributed by atoms with Crippen LogP contribution < -0.4 is 10.3 Å². The molecule has 0 unspecified atom stereocenters. The van der Waals surface area contributed by atoms with Gasteiger partial charge in [-0.05, 0) is 27.7 Å². The van der Waals surface area contributed by atoms with Gasteiger partial charge in [0.15, 0.2) is 6.39 Å². The molecule has 0 bridgehead atoms. The summed E-state index contributed by atoms with van der Waals surface area (Å²) >= 11 is 0. The normalized spacial score (nSPS) is 11.8. The van der Waals surface area contributed by atoms with E-state index in [1.165, 1.54) is 6.39 Å². The number of hydrogen-bond acceptors (Lipinski definition) is 6. The van der Waals surface area contributed by atoms with E-state index >= 15 is 0 Å². The average Bonchev–Trinajstić information content (AvgIpc) is 2.81. The Kier molecular flexibility index (Phi) is 5.85. The molecule has 0 N–H and O–H groups in total. The van der Waals surface area contributed by atoms with Crippen LogP contribution in [0.1, 0.15) is 27.7 Å². The highest BCUT2D eigenvalue weighted by Crippen LogP contribution is 2.48. The fourth-order valence-electron chi connectivity index (χ4n) is 1.65. The summed E-state index contributed by atoms with van der Waals surface area (Å²) < 4.78 is 28.5. The van der Waals surface area contributed by atoms with Crippen molar-refractivity contribution in [2.45, 2.75) is 27.7 Å². The highest BCUT2D eigenvalue weighted by molar-refractivity contribution is 7.62. The van der Waals surface area contributed by atoms with Gasteiger partial charge in [-0.3, -0.25) is 4.57 Å². The first-order valence-corrected chi connectivity index (χ1v) is 7.75. The lowest BCUT2D eigenvalue weighted by Crippen LogP contribution is -2.27. The molecule has 0 aromatic carbocycles. The molecule has 0 saturated heterocycles. The van der Waals surface area contributed by atoms with E-state index < -0.39 is 7.60 Å². The zero-order valence-corrected chi connectivity index (χ0v) is 12.3. The number of anilines is 1.